The van der Waals surface area contributed by atoms with Crippen LogP contribution in [0.2, 0.25) is 15.1 Å². The molecule has 0 aliphatic carbocycles. The van der Waals surface area contributed by atoms with E-state index in [-0.39, 0.29) is 18.5 Å². The van der Waals surface area contributed by atoms with Gasteiger partial charge >= 0.3 is 6.03 Å². The molecule has 1 aliphatic heterocycles. The molecule has 144 valence electrons. The van der Waals surface area contributed by atoms with Gasteiger partial charge in [-0.3, -0.25) is 9.69 Å². The molecule has 1 saturated heterocycles. The molecule has 9 heteroatoms. The molecule has 0 atom stereocenters. The highest BCUT2D eigenvalue weighted by Crippen LogP contribution is 2.33. The first kappa shape index (κ1) is 21.1. The van der Waals surface area contributed by atoms with Gasteiger partial charge in [0, 0.05) is 44.3 Å². The number of nitrogens with one attached hydrogen (secondary N) is 1. The molecule has 0 radical (unpaired) electrons. The standard InChI is InChI=1S/C17H23Cl3N4O2/c1-3-23(4-2)17(26)24-7-5-22(6-8-24)11-15(25)21-16-13(19)9-12(18)10-14(16)20/h9-10H,3-8,11H2,1-2H3,(H,21,25). The Morgan fingerprint density at radius 3 is 2.08 bits per heavy atom. The Balaban J connectivity index is 1.86. The average molecular weight is 422 g/mol. The van der Waals surface area contributed by atoms with E-state index in [1.807, 2.05) is 23.6 Å². The van der Waals surface area contributed by atoms with Crippen molar-refractivity contribution in [1.29, 1.82) is 0 Å². The minimum Gasteiger partial charge on any atom is -0.325 e. The number of urea groups is 1. The Labute approximate surface area is 169 Å². The second-order valence-corrected chi connectivity index (χ2v) is 7.26. The molecule has 2 rings (SSSR count). The van der Waals surface area contributed by atoms with Crippen molar-refractivity contribution in [3.05, 3.63) is 27.2 Å². The van der Waals surface area contributed by atoms with Gasteiger partial charge in [0.15, 0.2) is 0 Å². The molecule has 0 unspecified atom stereocenters. The summed E-state index contributed by atoms with van der Waals surface area (Å²) in [5.41, 5.74) is 0.359. The lowest BCUT2D eigenvalue weighted by Crippen LogP contribution is -2.53. The van der Waals surface area contributed by atoms with Crippen molar-refractivity contribution in [1.82, 2.24) is 14.7 Å². The summed E-state index contributed by atoms with van der Waals surface area (Å²) in [6, 6.07) is 3.11. The first-order chi connectivity index (χ1) is 12.3. The van der Waals surface area contributed by atoms with E-state index in [0.29, 0.717) is 60.0 Å². The number of amides is 3. The number of benzene rings is 1. The number of nitrogens with zero attached hydrogens (tertiary/aromatic N) is 3. The number of anilines is 1. The fraction of sp³-hybridized carbons (Fsp3) is 0.529. The van der Waals surface area contributed by atoms with Gasteiger partial charge in [0.2, 0.25) is 5.91 Å². The lowest BCUT2D eigenvalue weighted by atomic mass is 10.3. The van der Waals surface area contributed by atoms with E-state index in [4.69, 9.17) is 34.8 Å². The van der Waals surface area contributed by atoms with Crippen molar-refractivity contribution < 1.29 is 9.59 Å². The van der Waals surface area contributed by atoms with Crippen molar-refractivity contribution in [2.75, 3.05) is 51.1 Å². The lowest BCUT2D eigenvalue weighted by Gasteiger charge is -2.36. The third-order valence-electron chi connectivity index (χ3n) is 4.32. The minimum absolute atomic E-state index is 0.0545. The lowest BCUT2D eigenvalue weighted by molar-refractivity contribution is -0.117. The van der Waals surface area contributed by atoms with Gasteiger partial charge < -0.3 is 15.1 Å². The third kappa shape index (κ3) is 5.39. The number of hydrogen-bond acceptors (Lipinski definition) is 3. The van der Waals surface area contributed by atoms with Gasteiger partial charge in [-0.1, -0.05) is 34.8 Å². The molecule has 26 heavy (non-hydrogen) atoms. The van der Waals surface area contributed by atoms with E-state index in [1.54, 1.807) is 4.90 Å². The van der Waals surface area contributed by atoms with Crippen molar-refractivity contribution in [3.8, 4) is 0 Å². The van der Waals surface area contributed by atoms with Crippen LogP contribution in [-0.2, 0) is 4.79 Å². The Hall–Kier alpha value is -1.21. The molecular formula is C17H23Cl3N4O2. The molecule has 1 aliphatic rings. The zero-order valence-corrected chi connectivity index (χ0v) is 17.2. The highest BCUT2D eigenvalue weighted by Gasteiger charge is 2.25. The third-order valence-corrected chi connectivity index (χ3v) is 5.13. The molecule has 0 bridgehead atoms. The van der Waals surface area contributed by atoms with Crippen molar-refractivity contribution in [2.45, 2.75) is 13.8 Å². The average Bonchev–Trinajstić information content (AvgIpc) is 2.59. The Bertz CT molecular complexity index is 636. The van der Waals surface area contributed by atoms with Crippen LogP contribution in [0.25, 0.3) is 0 Å². The molecule has 3 amide bonds. The van der Waals surface area contributed by atoms with Crippen LogP contribution >= 0.6 is 34.8 Å². The summed E-state index contributed by atoms with van der Waals surface area (Å²) < 4.78 is 0. The molecule has 0 spiro atoms. The van der Waals surface area contributed by atoms with Gasteiger partial charge in [0.05, 0.1) is 22.3 Å². The number of carbonyl (C=O) groups excluding carboxylic acids is 2. The monoisotopic (exact) mass is 420 g/mol. The largest absolute Gasteiger partial charge is 0.325 e. The van der Waals surface area contributed by atoms with Crippen LogP contribution in [0, 0.1) is 0 Å². The van der Waals surface area contributed by atoms with E-state index < -0.39 is 0 Å². The zero-order valence-electron chi connectivity index (χ0n) is 14.9. The molecule has 0 saturated carbocycles. The Morgan fingerprint density at radius 1 is 1.04 bits per heavy atom. The molecular weight excluding hydrogens is 399 g/mol. The van der Waals surface area contributed by atoms with E-state index in [2.05, 4.69) is 5.32 Å². The summed E-state index contributed by atoms with van der Waals surface area (Å²) in [5, 5.41) is 3.73. The van der Waals surface area contributed by atoms with Gasteiger partial charge in [0.25, 0.3) is 0 Å². The number of halogens is 3. The normalized spacial score (nSPS) is 15.0. The molecule has 1 aromatic rings. The Morgan fingerprint density at radius 2 is 1.58 bits per heavy atom. The molecule has 0 aromatic heterocycles. The van der Waals surface area contributed by atoms with Crippen LogP contribution in [0.3, 0.4) is 0 Å². The van der Waals surface area contributed by atoms with E-state index >= 15 is 0 Å². The van der Waals surface area contributed by atoms with Crippen molar-refractivity contribution in [2.24, 2.45) is 0 Å². The number of piperazine rings is 1. The molecule has 6 nitrogen and oxygen atoms in total. The van der Waals surface area contributed by atoms with Crippen LogP contribution < -0.4 is 5.32 Å². The van der Waals surface area contributed by atoms with Gasteiger partial charge in [-0.15, -0.1) is 0 Å². The summed E-state index contributed by atoms with van der Waals surface area (Å²) in [7, 11) is 0. The Kier molecular flexibility index (Phi) is 7.83. The van der Waals surface area contributed by atoms with Crippen LogP contribution in [-0.4, -0.2) is 72.5 Å². The summed E-state index contributed by atoms with van der Waals surface area (Å²) >= 11 is 18.0. The van der Waals surface area contributed by atoms with E-state index in [0.717, 1.165) is 0 Å². The van der Waals surface area contributed by atoms with Crippen LogP contribution in [0.15, 0.2) is 12.1 Å². The van der Waals surface area contributed by atoms with Gasteiger partial charge in [-0.2, -0.15) is 0 Å². The quantitative estimate of drug-likeness (QED) is 0.789. The highest BCUT2D eigenvalue weighted by molar-refractivity contribution is 6.42. The maximum atomic E-state index is 12.3. The van der Waals surface area contributed by atoms with Gasteiger partial charge in [-0.25, -0.2) is 4.79 Å². The van der Waals surface area contributed by atoms with E-state index in [1.165, 1.54) is 12.1 Å². The van der Waals surface area contributed by atoms with Gasteiger partial charge in [-0.05, 0) is 26.0 Å². The molecule has 1 aromatic carbocycles. The summed E-state index contributed by atoms with van der Waals surface area (Å²) in [6.07, 6.45) is 0. The fourth-order valence-corrected chi connectivity index (χ4v) is 3.75. The van der Waals surface area contributed by atoms with Crippen LogP contribution in [0.5, 0.6) is 0 Å². The second kappa shape index (κ2) is 9.65. The van der Waals surface area contributed by atoms with Crippen molar-refractivity contribution >= 4 is 52.4 Å². The maximum absolute atomic E-state index is 12.3. The molecule has 1 heterocycles. The first-order valence-electron chi connectivity index (χ1n) is 8.56. The summed E-state index contributed by atoms with van der Waals surface area (Å²) in [4.78, 5) is 30.3. The maximum Gasteiger partial charge on any atom is 0.320 e. The highest BCUT2D eigenvalue weighted by atomic mass is 35.5. The number of hydrogen-bond donors (Lipinski definition) is 1. The SMILES string of the molecule is CCN(CC)C(=O)N1CCN(CC(=O)Nc2c(Cl)cc(Cl)cc2Cl)CC1. The predicted octanol–water partition coefficient (Wildman–Crippen LogP) is 3.66. The smallest absolute Gasteiger partial charge is 0.320 e. The first-order valence-corrected chi connectivity index (χ1v) is 9.69. The number of carbonyl (C=O) groups is 2. The van der Waals surface area contributed by atoms with Crippen LogP contribution in [0.4, 0.5) is 10.5 Å². The molecule has 1 fully saturated rings. The predicted molar refractivity (Wildman–Crippen MR) is 106 cm³/mol. The minimum atomic E-state index is -0.209. The van der Waals surface area contributed by atoms with Crippen molar-refractivity contribution in [3.63, 3.8) is 0 Å². The summed E-state index contributed by atoms with van der Waals surface area (Å²) in [5.74, 6) is -0.209. The summed E-state index contributed by atoms with van der Waals surface area (Å²) in [6.45, 7) is 8.02. The van der Waals surface area contributed by atoms with Crippen LogP contribution in [0.1, 0.15) is 13.8 Å². The second-order valence-electron chi connectivity index (χ2n) is 6.01. The zero-order chi connectivity index (χ0) is 19.3. The van der Waals surface area contributed by atoms with E-state index in [9.17, 15) is 9.59 Å². The topological polar surface area (TPSA) is 55.9 Å². The van der Waals surface area contributed by atoms with Gasteiger partial charge in [0.1, 0.15) is 0 Å². The number of rotatable bonds is 5. The molecule has 1 N–H and O–H groups in total. The fourth-order valence-electron chi connectivity index (χ4n) is 2.84.